The summed E-state index contributed by atoms with van der Waals surface area (Å²) in [5, 5.41) is 4.64. The first kappa shape index (κ1) is 20.9. The molecule has 160 valence electrons. The Kier molecular flexibility index (Phi) is 5.68. The van der Waals surface area contributed by atoms with Gasteiger partial charge in [-0.1, -0.05) is 35.1 Å². The number of para-hydroxylation sites is 1. The van der Waals surface area contributed by atoms with Crippen LogP contribution >= 0.6 is 11.8 Å². The SMILES string of the molecule is COc1ccc(-c2noc(CSc3nc(C(F)(F)F)nc4ccccc34)n2)cc1OC. The molecule has 31 heavy (non-hydrogen) atoms. The smallest absolute Gasteiger partial charge is 0.451 e. The number of rotatable bonds is 6. The average Bonchev–Trinajstić information content (AvgIpc) is 3.25. The van der Waals surface area contributed by atoms with Gasteiger partial charge in [-0.3, -0.25) is 0 Å². The molecule has 2 heterocycles. The van der Waals surface area contributed by atoms with Crippen LogP contribution in [-0.4, -0.2) is 34.3 Å². The Bertz CT molecular complexity index is 1230. The molecular weight excluding hydrogens is 433 g/mol. The minimum Gasteiger partial charge on any atom is -0.493 e. The molecule has 0 saturated carbocycles. The molecule has 0 amide bonds. The predicted molar refractivity (Wildman–Crippen MR) is 107 cm³/mol. The van der Waals surface area contributed by atoms with Crippen molar-refractivity contribution in [3.8, 4) is 22.9 Å². The molecule has 4 rings (SSSR count). The van der Waals surface area contributed by atoms with Gasteiger partial charge in [0.1, 0.15) is 5.03 Å². The Morgan fingerprint density at radius 3 is 2.48 bits per heavy atom. The summed E-state index contributed by atoms with van der Waals surface area (Å²) in [5.74, 6) is 0.573. The van der Waals surface area contributed by atoms with Crippen LogP contribution in [0.4, 0.5) is 13.2 Å². The van der Waals surface area contributed by atoms with Crippen molar-refractivity contribution in [1.29, 1.82) is 0 Å². The van der Waals surface area contributed by atoms with Crippen molar-refractivity contribution in [2.75, 3.05) is 14.2 Å². The lowest BCUT2D eigenvalue weighted by Crippen LogP contribution is -2.11. The van der Waals surface area contributed by atoms with E-state index >= 15 is 0 Å². The molecule has 2 aromatic carbocycles. The van der Waals surface area contributed by atoms with Crippen LogP contribution in [-0.2, 0) is 11.9 Å². The molecule has 2 aromatic heterocycles. The maximum Gasteiger partial charge on any atom is 0.451 e. The summed E-state index contributed by atoms with van der Waals surface area (Å²) < 4.78 is 55.2. The van der Waals surface area contributed by atoms with Crippen molar-refractivity contribution >= 4 is 22.7 Å². The summed E-state index contributed by atoms with van der Waals surface area (Å²) in [7, 11) is 3.05. The first-order chi connectivity index (χ1) is 14.9. The van der Waals surface area contributed by atoms with Crippen LogP contribution in [0.2, 0.25) is 0 Å². The summed E-state index contributed by atoms with van der Waals surface area (Å²) in [6.07, 6.45) is -4.65. The number of benzene rings is 2. The van der Waals surface area contributed by atoms with E-state index in [0.717, 1.165) is 11.8 Å². The van der Waals surface area contributed by atoms with Crippen LogP contribution in [0.25, 0.3) is 22.3 Å². The minimum atomic E-state index is -4.65. The number of aromatic nitrogens is 4. The van der Waals surface area contributed by atoms with E-state index in [1.807, 2.05) is 0 Å². The van der Waals surface area contributed by atoms with E-state index in [1.54, 1.807) is 36.4 Å². The highest BCUT2D eigenvalue weighted by atomic mass is 32.2. The molecule has 0 saturated heterocycles. The molecule has 0 bridgehead atoms. The van der Waals surface area contributed by atoms with Crippen molar-refractivity contribution in [2.45, 2.75) is 17.0 Å². The number of halogens is 3. The van der Waals surface area contributed by atoms with E-state index in [9.17, 15) is 13.2 Å². The third kappa shape index (κ3) is 4.41. The van der Waals surface area contributed by atoms with Crippen molar-refractivity contribution in [1.82, 2.24) is 20.1 Å². The zero-order valence-electron chi connectivity index (χ0n) is 16.3. The van der Waals surface area contributed by atoms with Gasteiger partial charge < -0.3 is 14.0 Å². The quantitative estimate of drug-likeness (QED) is 0.301. The largest absolute Gasteiger partial charge is 0.493 e. The topological polar surface area (TPSA) is 83.2 Å². The number of ether oxygens (including phenoxy) is 2. The van der Waals surface area contributed by atoms with Crippen LogP contribution in [0.5, 0.6) is 11.5 Å². The van der Waals surface area contributed by atoms with Crippen molar-refractivity contribution in [3.63, 3.8) is 0 Å². The van der Waals surface area contributed by atoms with Gasteiger partial charge in [0.15, 0.2) is 11.5 Å². The number of nitrogens with zero attached hydrogens (tertiary/aromatic N) is 4. The number of thioether (sulfide) groups is 1. The molecule has 0 aliphatic heterocycles. The number of alkyl halides is 3. The van der Waals surface area contributed by atoms with E-state index in [-0.39, 0.29) is 22.2 Å². The molecule has 0 fully saturated rings. The van der Waals surface area contributed by atoms with E-state index in [4.69, 9.17) is 14.0 Å². The number of hydrogen-bond acceptors (Lipinski definition) is 8. The van der Waals surface area contributed by atoms with Crippen LogP contribution < -0.4 is 9.47 Å². The average molecular weight is 448 g/mol. The second kappa shape index (κ2) is 8.42. The molecule has 0 unspecified atom stereocenters. The molecule has 0 radical (unpaired) electrons. The van der Waals surface area contributed by atoms with Gasteiger partial charge in [-0.25, -0.2) is 9.97 Å². The lowest BCUT2D eigenvalue weighted by molar-refractivity contribution is -0.145. The maximum absolute atomic E-state index is 13.2. The fraction of sp³-hybridized carbons (Fsp3) is 0.200. The predicted octanol–water partition coefficient (Wildman–Crippen LogP) is 5.01. The van der Waals surface area contributed by atoms with Gasteiger partial charge in [0.25, 0.3) is 0 Å². The van der Waals surface area contributed by atoms with Crippen LogP contribution in [0.3, 0.4) is 0 Å². The number of hydrogen-bond donors (Lipinski definition) is 0. The molecule has 4 aromatic rings. The van der Waals surface area contributed by atoms with Crippen LogP contribution in [0, 0.1) is 0 Å². The van der Waals surface area contributed by atoms with Gasteiger partial charge in [0, 0.05) is 10.9 Å². The second-order valence-electron chi connectivity index (χ2n) is 6.24. The van der Waals surface area contributed by atoms with Gasteiger partial charge >= 0.3 is 6.18 Å². The number of fused-ring (bicyclic) bond motifs is 1. The van der Waals surface area contributed by atoms with Crippen LogP contribution in [0.1, 0.15) is 11.7 Å². The zero-order chi connectivity index (χ0) is 22.0. The second-order valence-corrected chi connectivity index (χ2v) is 7.20. The monoisotopic (exact) mass is 448 g/mol. The Labute approximate surface area is 178 Å². The Morgan fingerprint density at radius 2 is 1.74 bits per heavy atom. The van der Waals surface area contributed by atoms with Crippen LogP contribution in [0.15, 0.2) is 52.0 Å². The molecule has 0 aliphatic rings. The van der Waals surface area contributed by atoms with Crippen molar-refractivity contribution in [3.05, 3.63) is 54.2 Å². The Morgan fingerprint density at radius 1 is 0.968 bits per heavy atom. The lowest BCUT2D eigenvalue weighted by Gasteiger charge is -2.09. The highest BCUT2D eigenvalue weighted by molar-refractivity contribution is 7.98. The molecule has 0 spiro atoms. The fourth-order valence-corrected chi connectivity index (χ4v) is 3.68. The van der Waals surface area contributed by atoms with Gasteiger partial charge in [0.2, 0.25) is 17.5 Å². The molecule has 11 heteroatoms. The van der Waals surface area contributed by atoms with Crippen molar-refractivity contribution in [2.24, 2.45) is 0 Å². The minimum absolute atomic E-state index is 0.137. The standard InChI is InChI=1S/C20H15F3N4O3S/c1-28-14-8-7-11(9-15(14)29-2)17-25-16(30-27-17)10-31-18-12-5-3-4-6-13(12)24-19(26-18)20(21,22)23/h3-9H,10H2,1-2H3. The summed E-state index contributed by atoms with van der Waals surface area (Å²) >= 11 is 1.06. The molecule has 0 N–H and O–H groups in total. The lowest BCUT2D eigenvalue weighted by atomic mass is 10.2. The summed E-state index contributed by atoms with van der Waals surface area (Å²) in [4.78, 5) is 11.6. The molecule has 0 aliphatic carbocycles. The first-order valence-electron chi connectivity index (χ1n) is 8.91. The maximum atomic E-state index is 13.2. The van der Waals surface area contributed by atoms with E-state index in [2.05, 4.69) is 20.1 Å². The molecular formula is C20H15F3N4O3S. The normalized spacial score (nSPS) is 11.6. The fourth-order valence-electron chi connectivity index (χ4n) is 2.82. The van der Waals surface area contributed by atoms with Gasteiger partial charge in [-0.05, 0) is 24.3 Å². The highest BCUT2D eigenvalue weighted by Crippen LogP contribution is 2.34. The van der Waals surface area contributed by atoms with E-state index in [0.29, 0.717) is 28.3 Å². The Balaban J connectivity index is 1.59. The molecule has 0 atom stereocenters. The summed E-state index contributed by atoms with van der Waals surface area (Å²) in [6, 6.07) is 11.7. The molecule has 7 nitrogen and oxygen atoms in total. The Hall–Kier alpha value is -3.34. The van der Waals surface area contributed by atoms with Gasteiger partial charge in [-0.15, -0.1) is 0 Å². The third-order valence-electron chi connectivity index (χ3n) is 4.26. The van der Waals surface area contributed by atoms with Crippen molar-refractivity contribution < 1.29 is 27.2 Å². The van der Waals surface area contributed by atoms with E-state index in [1.165, 1.54) is 20.3 Å². The number of methoxy groups -OCH3 is 2. The summed E-state index contributed by atoms with van der Waals surface area (Å²) in [5.41, 5.74) is 0.855. The third-order valence-corrected chi connectivity index (χ3v) is 5.24. The highest BCUT2D eigenvalue weighted by Gasteiger charge is 2.35. The van der Waals surface area contributed by atoms with Gasteiger partial charge in [-0.2, -0.15) is 18.2 Å². The van der Waals surface area contributed by atoms with E-state index < -0.39 is 12.0 Å². The van der Waals surface area contributed by atoms with Gasteiger partial charge in [0.05, 0.1) is 25.5 Å². The summed E-state index contributed by atoms with van der Waals surface area (Å²) in [6.45, 7) is 0. The first-order valence-corrected chi connectivity index (χ1v) is 9.89. The zero-order valence-corrected chi connectivity index (χ0v) is 17.1.